The van der Waals surface area contributed by atoms with Crippen LogP contribution in [-0.4, -0.2) is 35.1 Å². The van der Waals surface area contributed by atoms with Gasteiger partial charge in [-0.3, -0.25) is 0 Å². The minimum Gasteiger partial charge on any atom is -0.326 e. The Bertz CT molecular complexity index is 599. The van der Waals surface area contributed by atoms with Gasteiger partial charge in [0.2, 0.25) is 0 Å². The second-order valence-electron chi connectivity index (χ2n) is 6.64. The predicted molar refractivity (Wildman–Crippen MR) is 86.4 cm³/mol. The summed E-state index contributed by atoms with van der Waals surface area (Å²) >= 11 is 6.08. The van der Waals surface area contributed by atoms with Crippen molar-refractivity contribution in [1.29, 1.82) is 0 Å². The summed E-state index contributed by atoms with van der Waals surface area (Å²) in [5, 5.41) is 0. The molecule has 2 aromatic rings. The number of hydrogen-bond acceptors (Lipinski definition) is 2. The number of fused-ring (bicyclic) bond motifs is 1. The second kappa shape index (κ2) is 5.74. The van der Waals surface area contributed by atoms with Gasteiger partial charge >= 0.3 is 0 Å². The number of imidazole rings is 1. The molecule has 0 saturated heterocycles. The summed E-state index contributed by atoms with van der Waals surface area (Å²) in [4.78, 5) is 6.90. The number of halogens is 1. The normalized spacial score (nSPS) is 12.6. The zero-order chi connectivity index (χ0) is 14.9. The van der Waals surface area contributed by atoms with Crippen LogP contribution >= 0.6 is 11.6 Å². The summed E-state index contributed by atoms with van der Waals surface area (Å²) < 4.78 is 2.27. The number of nitrogens with zero attached hydrogens (tertiary/aromatic N) is 3. The van der Waals surface area contributed by atoms with Crippen molar-refractivity contribution >= 4 is 22.6 Å². The largest absolute Gasteiger partial charge is 0.326 e. The lowest BCUT2D eigenvalue weighted by Gasteiger charge is -2.29. The van der Waals surface area contributed by atoms with Crippen LogP contribution in [0.15, 0.2) is 18.2 Å². The molecule has 20 heavy (non-hydrogen) atoms. The Morgan fingerprint density at radius 1 is 1.30 bits per heavy atom. The van der Waals surface area contributed by atoms with E-state index in [1.807, 2.05) is 0 Å². The van der Waals surface area contributed by atoms with Crippen LogP contribution in [0.3, 0.4) is 0 Å². The van der Waals surface area contributed by atoms with Gasteiger partial charge < -0.3 is 9.47 Å². The van der Waals surface area contributed by atoms with Gasteiger partial charge in [0, 0.05) is 13.1 Å². The lowest BCUT2D eigenvalue weighted by molar-refractivity contribution is 0.212. The van der Waals surface area contributed by atoms with Gasteiger partial charge in [-0.1, -0.05) is 19.9 Å². The van der Waals surface area contributed by atoms with Gasteiger partial charge in [-0.05, 0) is 44.1 Å². The number of aromatic nitrogens is 2. The van der Waals surface area contributed by atoms with E-state index < -0.39 is 0 Å². The third kappa shape index (κ3) is 3.33. The first-order valence-electron chi connectivity index (χ1n) is 6.99. The van der Waals surface area contributed by atoms with Crippen LogP contribution in [0.4, 0.5) is 0 Å². The van der Waals surface area contributed by atoms with Gasteiger partial charge in [0.05, 0.1) is 16.9 Å². The molecule has 2 rings (SSSR count). The highest BCUT2D eigenvalue weighted by Gasteiger charge is 2.22. The lowest BCUT2D eigenvalue weighted by Crippen LogP contribution is -2.32. The second-order valence-corrected chi connectivity index (χ2v) is 6.91. The molecule has 0 aliphatic carbocycles. The molecule has 1 heterocycles. The van der Waals surface area contributed by atoms with Crippen LogP contribution in [0.25, 0.3) is 11.0 Å². The van der Waals surface area contributed by atoms with Crippen molar-refractivity contribution in [2.75, 3.05) is 20.6 Å². The summed E-state index contributed by atoms with van der Waals surface area (Å²) in [5.74, 6) is 1.41. The van der Waals surface area contributed by atoms with Crippen molar-refractivity contribution < 1.29 is 0 Å². The van der Waals surface area contributed by atoms with Crippen LogP contribution in [0.5, 0.6) is 0 Å². The minimum atomic E-state index is 0.169. The SMILES string of the molecule is Cc1ccc2c(c1)nc(CCl)n2CC(C)(C)CN(C)C. The highest BCUT2D eigenvalue weighted by Crippen LogP contribution is 2.25. The Balaban J connectivity index is 2.42. The van der Waals surface area contributed by atoms with Gasteiger partial charge in [0.1, 0.15) is 5.82 Å². The van der Waals surface area contributed by atoms with Crippen LogP contribution in [-0.2, 0) is 12.4 Å². The van der Waals surface area contributed by atoms with Crippen molar-refractivity contribution in [2.45, 2.75) is 33.2 Å². The molecule has 0 aliphatic rings. The molecule has 0 unspecified atom stereocenters. The van der Waals surface area contributed by atoms with Crippen molar-refractivity contribution in [3.63, 3.8) is 0 Å². The van der Waals surface area contributed by atoms with E-state index in [-0.39, 0.29) is 5.41 Å². The predicted octanol–water partition coefficient (Wildman–Crippen LogP) is 3.67. The fraction of sp³-hybridized carbons (Fsp3) is 0.562. The monoisotopic (exact) mass is 293 g/mol. The van der Waals surface area contributed by atoms with E-state index in [2.05, 4.69) is 67.5 Å². The molecule has 0 amide bonds. The molecule has 0 fully saturated rings. The molecule has 0 spiro atoms. The quantitative estimate of drug-likeness (QED) is 0.784. The number of rotatable bonds is 5. The molecular formula is C16H24ClN3. The average Bonchev–Trinajstić information content (AvgIpc) is 2.64. The molecule has 4 heteroatoms. The molecule has 0 aliphatic heterocycles. The van der Waals surface area contributed by atoms with E-state index in [0.29, 0.717) is 5.88 Å². The number of alkyl halides is 1. The van der Waals surface area contributed by atoms with Crippen molar-refractivity contribution in [3.8, 4) is 0 Å². The molecular weight excluding hydrogens is 270 g/mol. The molecule has 1 aromatic heterocycles. The molecule has 110 valence electrons. The third-order valence-corrected chi connectivity index (χ3v) is 3.67. The number of aryl methyl sites for hydroxylation is 1. The molecule has 0 radical (unpaired) electrons. The topological polar surface area (TPSA) is 21.1 Å². The summed E-state index contributed by atoms with van der Waals surface area (Å²) in [7, 11) is 4.22. The smallest absolute Gasteiger partial charge is 0.124 e. The minimum absolute atomic E-state index is 0.169. The lowest BCUT2D eigenvalue weighted by atomic mass is 9.92. The van der Waals surface area contributed by atoms with Crippen molar-refractivity contribution in [1.82, 2.24) is 14.5 Å². The van der Waals surface area contributed by atoms with E-state index in [0.717, 1.165) is 24.4 Å². The first-order chi connectivity index (χ1) is 9.32. The standard InChI is InChI=1S/C16H24ClN3/c1-12-6-7-14-13(8-12)18-15(9-17)20(14)11-16(2,3)10-19(4)5/h6-8H,9-11H2,1-5H3. The zero-order valence-corrected chi connectivity index (χ0v) is 13.8. The Morgan fingerprint density at radius 3 is 2.60 bits per heavy atom. The van der Waals surface area contributed by atoms with Crippen molar-refractivity contribution in [2.24, 2.45) is 5.41 Å². The average molecular weight is 294 g/mol. The maximum atomic E-state index is 6.08. The third-order valence-electron chi connectivity index (χ3n) is 3.43. The van der Waals surface area contributed by atoms with Crippen LogP contribution < -0.4 is 0 Å². The Morgan fingerprint density at radius 2 is 2.00 bits per heavy atom. The highest BCUT2D eigenvalue weighted by molar-refractivity contribution is 6.16. The summed E-state index contributed by atoms with van der Waals surface area (Å²) in [6.45, 7) is 8.61. The Kier molecular flexibility index (Phi) is 4.40. The van der Waals surface area contributed by atoms with E-state index >= 15 is 0 Å². The summed E-state index contributed by atoms with van der Waals surface area (Å²) in [5.41, 5.74) is 3.62. The van der Waals surface area contributed by atoms with Gasteiger partial charge in [0.15, 0.2) is 0 Å². The molecule has 0 bridgehead atoms. The molecule has 3 nitrogen and oxygen atoms in total. The van der Waals surface area contributed by atoms with E-state index in [9.17, 15) is 0 Å². The number of benzene rings is 1. The highest BCUT2D eigenvalue weighted by atomic mass is 35.5. The van der Waals surface area contributed by atoms with Gasteiger partial charge in [-0.15, -0.1) is 11.6 Å². The summed E-state index contributed by atoms with van der Waals surface area (Å²) in [6.07, 6.45) is 0. The first-order valence-corrected chi connectivity index (χ1v) is 7.52. The van der Waals surface area contributed by atoms with E-state index in [4.69, 9.17) is 11.6 Å². The maximum Gasteiger partial charge on any atom is 0.124 e. The molecule has 1 aromatic carbocycles. The van der Waals surface area contributed by atoms with E-state index in [1.165, 1.54) is 11.1 Å². The number of hydrogen-bond donors (Lipinski definition) is 0. The fourth-order valence-electron chi connectivity index (χ4n) is 2.90. The maximum absolute atomic E-state index is 6.08. The first kappa shape index (κ1) is 15.3. The van der Waals surface area contributed by atoms with Gasteiger partial charge in [0.25, 0.3) is 0 Å². The molecule has 0 saturated carbocycles. The van der Waals surface area contributed by atoms with Gasteiger partial charge in [-0.25, -0.2) is 4.98 Å². The Labute approximate surface area is 126 Å². The van der Waals surface area contributed by atoms with Crippen LogP contribution in [0.2, 0.25) is 0 Å². The van der Waals surface area contributed by atoms with Gasteiger partial charge in [-0.2, -0.15) is 0 Å². The van der Waals surface area contributed by atoms with Crippen LogP contribution in [0.1, 0.15) is 25.2 Å². The van der Waals surface area contributed by atoms with Crippen molar-refractivity contribution in [3.05, 3.63) is 29.6 Å². The van der Waals surface area contributed by atoms with E-state index in [1.54, 1.807) is 0 Å². The Hall–Kier alpha value is -1.06. The molecule has 0 N–H and O–H groups in total. The fourth-order valence-corrected chi connectivity index (χ4v) is 3.11. The zero-order valence-electron chi connectivity index (χ0n) is 13.1. The molecule has 0 atom stereocenters. The van der Waals surface area contributed by atoms with Crippen LogP contribution in [0, 0.1) is 12.3 Å². The summed E-state index contributed by atoms with van der Waals surface area (Å²) in [6, 6.07) is 6.41.